The third-order valence-electron chi connectivity index (χ3n) is 2.42. The van der Waals surface area contributed by atoms with E-state index in [1.54, 1.807) is 19.1 Å². The van der Waals surface area contributed by atoms with Crippen LogP contribution in [-0.2, 0) is 19.4 Å². The second-order valence-electron chi connectivity index (χ2n) is 4.34. The first-order valence-electron chi connectivity index (χ1n) is 6.09. The molecule has 0 spiro atoms. The van der Waals surface area contributed by atoms with Crippen LogP contribution in [0.2, 0.25) is 0 Å². The lowest BCUT2D eigenvalue weighted by Crippen LogP contribution is -2.20. The first-order chi connectivity index (χ1) is 8.85. The van der Waals surface area contributed by atoms with Crippen molar-refractivity contribution in [2.24, 2.45) is 0 Å². The van der Waals surface area contributed by atoms with Crippen LogP contribution in [0.25, 0.3) is 0 Å². The highest BCUT2D eigenvalue weighted by Crippen LogP contribution is 2.15. The smallest absolute Gasteiger partial charge is 0.250 e. The highest BCUT2D eigenvalue weighted by Gasteiger charge is 2.11. The van der Waals surface area contributed by atoms with Crippen LogP contribution in [0.1, 0.15) is 20.8 Å². The molecule has 0 aliphatic carbocycles. The number of carbonyl (C=O) groups excluding carboxylic acids is 1. The Balaban J connectivity index is 2.65. The minimum absolute atomic E-state index is 0.0113. The van der Waals surface area contributed by atoms with E-state index in [0.717, 1.165) is 0 Å². The van der Waals surface area contributed by atoms with Gasteiger partial charge in [-0.05, 0) is 38.1 Å². The van der Waals surface area contributed by atoms with Crippen LogP contribution in [0, 0.1) is 0 Å². The van der Waals surface area contributed by atoms with Crippen molar-refractivity contribution in [3.63, 3.8) is 0 Å². The van der Waals surface area contributed by atoms with Gasteiger partial charge < -0.3 is 10.1 Å². The summed E-state index contributed by atoms with van der Waals surface area (Å²) in [6.45, 7) is 5.26. The van der Waals surface area contributed by atoms with Crippen molar-refractivity contribution in [2.75, 3.05) is 17.7 Å². The first kappa shape index (κ1) is 15.7. The van der Waals surface area contributed by atoms with E-state index in [9.17, 15) is 13.2 Å². The fourth-order valence-electron chi connectivity index (χ4n) is 1.35. The zero-order valence-corrected chi connectivity index (χ0v) is 12.2. The fourth-order valence-corrected chi connectivity index (χ4v) is 2.24. The van der Waals surface area contributed by atoms with Crippen molar-refractivity contribution in [3.05, 3.63) is 24.3 Å². The van der Waals surface area contributed by atoms with Crippen LogP contribution < -0.4 is 5.32 Å². The number of hydrogen-bond donors (Lipinski definition) is 1. The van der Waals surface area contributed by atoms with E-state index in [0.29, 0.717) is 5.69 Å². The highest BCUT2D eigenvalue weighted by atomic mass is 32.2. The Bertz CT molecular complexity index is 520. The Kier molecular flexibility index (Phi) is 5.50. The van der Waals surface area contributed by atoms with E-state index in [4.69, 9.17) is 4.74 Å². The maximum atomic E-state index is 11.6. The number of amides is 1. The van der Waals surface area contributed by atoms with Gasteiger partial charge in [0.15, 0.2) is 9.84 Å². The third kappa shape index (κ3) is 5.00. The van der Waals surface area contributed by atoms with Gasteiger partial charge in [0.1, 0.15) is 6.61 Å². The maximum absolute atomic E-state index is 11.6. The summed E-state index contributed by atoms with van der Waals surface area (Å²) in [6, 6.07) is 6.10. The lowest BCUT2D eigenvalue weighted by atomic mass is 10.3. The molecule has 0 saturated carbocycles. The molecule has 0 saturated heterocycles. The Labute approximate surface area is 113 Å². The van der Waals surface area contributed by atoms with Gasteiger partial charge in [0.05, 0.1) is 16.8 Å². The second kappa shape index (κ2) is 6.68. The minimum Gasteiger partial charge on any atom is -0.369 e. The van der Waals surface area contributed by atoms with E-state index in [-0.39, 0.29) is 29.3 Å². The van der Waals surface area contributed by atoms with Crippen molar-refractivity contribution in [3.8, 4) is 0 Å². The SMILES string of the molecule is CCS(=O)(=O)c1ccc(NC(=O)COC(C)C)cc1. The number of nitrogens with one attached hydrogen (secondary N) is 1. The molecular weight excluding hydrogens is 266 g/mol. The van der Waals surface area contributed by atoms with Crippen LogP contribution in [0.3, 0.4) is 0 Å². The molecule has 19 heavy (non-hydrogen) atoms. The first-order valence-corrected chi connectivity index (χ1v) is 7.74. The van der Waals surface area contributed by atoms with Gasteiger partial charge in [-0.2, -0.15) is 0 Å². The molecule has 1 N–H and O–H groups in total. The molecule has 0 atom stereocenters. The van der Waals surface area contributed by atoms with Gasteiger partial charge in [-0.3, -0.25) is 4.79 Å². The molecule has 1 rings (SSSR count). The van der Waals surface area contributed by atoms with E-state index >= 15 is 0 Å². The average molecular weight is 285 g/mol. The third-order valence-corrected chi connectivity index (χ3v) is 4.18. The van der Waals surface area contributed by atoms with Gasteiger partial charge in [-0.25, -0.2) is 8.42 Å². The number of anilines is 1. The van der Waals surface area contributed by atoms with Crippen molar-refractivity contribution in [1.82, 2.24) is 0 Å². The van der Waals surface area contributed by atoms with Crippen LogP contribution in [-0.4, -0.2) is 32.8 Å². The summed E-state index contributed by atoms with van der Waals surface area (Å²) >= 11 is 0. The fraction of sp³-hybridized carbons (Fsp3) is 0.462. The molecule has 1 aromatic carbocycles. The number of carbonyl (C=O) groups is 1. The lowest BCUT2D eigenvalue weighted by molar-refractivity contribution is -0.121. The van der Waals surface area contributed by atoms with Crippen molar-refractivity contribution >= 4 is 21.4 Å². The largest absolute Gasteiger partial charge is 0.369 e. The molecule has 0 radical (unpaired) electrons. The number of benzene rings is 1. The summed E-state index contributed by atoms with van der Waals surface area (Å²) in [5, 5.41) is 2.64. The van der Waals surface area contributed by atoms with Gasteiger partial charge >= 0.3 is 0 Å². The van der Waals surface area contributed by atoms with E-state index in [1.165, 1.54) is 12.1 Å². The Morgan fingerprint density at radius 2 is 1.84 bits per heavy atom. The van der Waals surface area contributed by atoms with Gasteiger partial charge in [-0.15, -0.1) is 0 Å². The van der Waals surface area contributed by atoms with E-state index < -0.39 is 9.84 Å². The maximum Gasteiger partial charge on any atom is 0.250 e. The second-order valence-corrected chi connectivity index (χ2v) is 6.61. The van der Waals surface area contributed by atoms with Crippen LogP contribution >= 0.6 is 0 Å². The summed E-state index contributed by atoms with van der Waals surface area (Å²) < 4.78 is 28.4. The molecule has 6 heteroatoms. The summed E-state index contributed by atoms with van der Waals surface area (Å²) in [7, 11) is -3.20. The monoisotopic (exact) mass is 285 g/mol. The molecule has 0 unspecified atom stereocenters. The number of hydrogen-bond acceptors (Lipinski definition) is 4. The summed E-state index contributed by atoms with van der Waals surface area (Å²) in [5.41, 5.74) is 0.549. The molecular formula is C13H19NO4S. The summed E-state index contributed by atoms with van der Waals surface area (Å²) in [6.07, 6.45) is -0.0113. The summed E-state index contributed by atoms with van der Waals surface area (Å²) in [4.78, 5) is 11.8. The zero-order chi connectivity index (χ0) is 14.5. The topological polar surface area (TPSA) is 72.5 Å². The van der Waals surface area contributed by atoms with Gasteiger partial charge in [0, 0.05) is 5.69 Å². The Morgan fingerprint density at radius 1 is 1.26 bits per heavy atom. The Morgan fingerprint density at radius 3 is 2.32 bits per heavy atom. The van der Waals surface area contributed by atoms with Gasteiger partial charge in [0.25, 0.3) is 0 Å². The van der Waals surface area contributed by atoms with Crippen LogP contribution in [0.5, 0.6) is 0 Å². The molecule has 0 heterocycles. The molecule has 0 fully saturated rings. The van der Waals surface area contributed by atoms with Crippen LogP contribution in [0.4, 0.5) is 5.69 Å². The average Bonchev–Trinajstić information content (AvgIpc) is 2.37. The molecule has 0 aliphatic rings. The molecule has 0 bridgehead atoms. The lowest BCUT2D eigenvalue weighted by Gasteiger charge is -2.09. The predicted octanol–water partition coefficient (Wildman–Crippen LogP) is 1.84. The summed E-state index contributed by atoms with van der Waals surface area (Å²) in [5.74, 6) is -0.208. The zero-order valence-electron chi connectivity index (χ0n) is 11.3. The molecule has 1 amide bonds. The predicted molar refractivity (Wildman–Crippen MR) is 73.9 cm³/mol. The number of rotatable bonds is 6. The molecule has 106 valence electrons. The normalized spacial score (nSPS) is 11.6. The number of sulfone groups is 1. The standard InChI is InChI=1S/C13H19NO4S/c1-4-19(16,17)12-7-5-11(6-8-12)14-13(15)9-18-10(2)3/h5-8,10H,4,9H2,1-3H3,(H,14,15). The van der Waals surface area contributed by atoms with E-state index in [2.05, 4.69) is 5.32 Å². The molecule has 0 aliphatic heterocycles. The molecule has 5 nitrogen and oxygen atoms in total. The highest BCUT2D eigenvalue weighted by molar-refractivity contribution is 7.91. The van der Waals surface area contributed by atoms with Crippen molar-refractivity contribution in [2.45, 2.75) is 31.8 Å². The van der Waals surface area contributed by atoms with Crippen molar-refractivity contribution < 1.29 is 17.9 Å². The van der Waals surface area contributed by atoms with Gasteiger partial charge in [0.2, 0.25) is 5.91 Å². The van der Waals surface area contributed by atoms with Crippen molar-refractivity contribution in [1.29, 1.82) is 0 Å². The number of ether oxygens (including phenoxy) is 1. The quantitative estimate of drug-likeness (QED) is 0.865. The van der Waals surface area contributed by atoms with Crippen LogP contribution in [0.15, 0.2) is 29.2 Å². The van der Waals surface area contributed by atoms with Gasteiger partial charge in [-0.1, -0.05) is 6.92 Å². The van der Waals surface area contributed by atoms with E-state index in [1.807, 2.05) is 13.8 Å². The minimum atomic E-state index is -3.20. The molecule has 0 aromatic heterocycles. The molecule has 1 aromatic rings. The Hall–Kier alpha value is -1.40.